The number of rotatable bonds is 2. The van der Waals surface area contributed by atoms with Crippen molar-refractivity contribution in [2.24, 2.45) is 0 Å². The zero-order valence-electron chi connectivity index (χ0n) is 7.87. The summed E-state index contributed by atoms with van der Waals surface area (Å²) in [5, 5.41) is 0. The van der Waals surface area contributed by atoms with Crippen LogP contribution in [0.25, 0.3) is 0 Å². The van der Waals surface area contributed by atoms with Gasteiger partial charge in [0, 0.05) is 5.54 Å². The molecule has 1 radical (unpaired) electrons. The first-order valence-electron chi connectivity index (χ1n) is 4.27. The van der Waals surface area contributed by atoms with Crippen LogP contribution in [0, 0.1) is 0 Å². The van der Waals surface area contributed by atoms with Crippen molar-refractivity contribution < 1.29 is 4.80 Å². The van der Waals surface area contributed by atoms with E-state index >= 15 is 0 Å². The van der Waals surface area contributed by atoms with Crippen molar-refractivity contribution in [3.63, 3.8) is 0 Å². The van der Waals surface area contributed by atoms with Gasteiger partial charge in [0.25, 0.3) is 0 Å². The zero-order valence-corrected chi connectivity index (χ0v) is 8.87. The fraction of sp³-hybridized carbons (Fsp3) is 0.400. The molecule has 1 nitrogen and oxygen atoms in total. The normalized spacial score (nSPS) is 14.3. The smallest absolute Gasteiger partial charge is 0.238 e. The molecule has 1 atom stereocenters. The first kappa shape index (κ1) is 9.48. The molecular formula is C10H15OSi. The predicted molar refractivity (Wildman–Crippen MR) is 53.0 cm³/mol. The van der Waals surface area contributed by atoms with Crippen LogP contribution in [0.5, 0.6) is 0 Å². The fourth-order valence-corrected chi connectivity index (χ4v) is 2.14. The van der Waals surface area contributed by atoms with E-state index in [0.29, 0.717) is 0 Å². The van der Waals surface area contributed by atoms with Gasteiger partial charge >= 0.3 is 0 Å². The monoisotopic (exact) mass is 179 g/mol. The molecule has 2 heteroatoms. The number of benzene rings is 1. The molecule has 1 aromatic carbocycles. The predicted octanol–water partition coefficient (Wildman–Crippen LogP) is 2.96. The number of hydrogen-bond acceptors (Lipinski definition) is 0. The standard InChI is InChI=1S/C10H15OSi/c1-9(12(2,3)11)10-7-5-4-6-8-10/h4-9H,1-3H3. The molecule has 0 N–H and O–H groups in total. The van der Waals surface area contributed by atoms with Crippen LogP contribution in [0.4, 0.5) is 0 Å². The molecule has 0 fully saturated rings. The maximum absolute atomic E-state index is 11.7. The summed E-state index contributed by atoms with van der Waals surface area (Å²) in [5.41, 5.74) is 1.39. The van der Waals surface area contributed by atoms with E-state index in [1.807, 2.05) is 50.3 Å². The molecule has 12 heavy (non-hydrogen) atoms. The van der Waals surface area contributed by atoms with Crippen LogP contribution in [0.3, 0.4) is 0 Å². The lowest BCUT2D eigenvalue weighted by Crippen LogP contribution is -2.31. The summed E-state index contributed by atoms with van der Waals surface area (Å²) in [5.74, 6) is 0. The van der Waals surface area contributed by atoms with Gasteiger partial charge in [0.1, 0.15) is 0 Å². The summed E-state index contributed by atoms with van der Waals surface area (Å²) in [6, 6.07) is 10.0. The van der Waals surface area contributed by atoms with E-state index in [1.54, 1.807) is 0 Å². The van der Waals surface area contributed by atoms with Gasteiger partial charge in [-0.1, -0.05) is 37.3 Å². The van der Waals surface area contributed by atoms with Gasteiger partial charge in [0.05, 0.1) is 0 Å². The minimum atomic E-state index is -2.25. The second-order valence-corrected chi connectivity index (χ2v) is 7.81. The molecule has 1 unspecified atom stereocenters. The van der Waals surface area contributed by atoms with E-state index in [1.165, 1.54) is 5.56 Å². The van der Waals surface area contributed by atoms with Gasteiger partial charge in [-0.25, -0.2) is 0 Å². The second-order valence-electron chi connectivity index (χ2n) is 3.74. The van der Waals surface area contributed by atoms with Crippen molar-refractivity contribution in [1.29, 1.82) is 0 Å². The molecule has 0 bridgehead atoms. The molecule has 1 aromatic rings. The third-order valence-electron chi connectivity index (χ3n) is 2.34. The first-order valence-corrected chi connectivity index (χ1v) is 7.26. The Morgan fingerprint density at radius 1 is 1.17 bits per heavy atom. The molecule has 0 spiro atoms. The van der Waals surface area contributed by atoms with Crippen LogP contribution < -0.4 is 0 Å². The third-order valence-corrected chi connectivity index (χ3v) is 4.76. The third kappa shape index (κ3) is 2.19. The molecule has 0 aliphatic carbocycles. The topological polar surface area (TPSA) is 19.9 Å². The summed E-state index contributed by atoms with van der Waals surface area (Å²) < 4.78 is 0. The maximum atomic E-state index is 11.7. The lowest BCUT2D eigenvalue weighted by Gasteiger charge is -2.20. The first-order chi connectivity index (χ1) is 5.52. The Kier molecular flexibility index (Phi) is 2.70. The van der Waals surface area contributed by atoms with E-state index in [-0.39, 0.29) is 5.54 Å². The van der Waals surface area contributed by atoms with Crippen molar-refractivity contribution in [3.05, 3.63) is 35.9 Å². The van der Waals surface area contributed by atoms with Gasteiger partial charge < -0.3 is 0 Å². The highest BCUT2D eigenvalue weighted by Gasteiger charge is 2.29. The SMILES string of the molecule is CC(c1ccccc1)[Si](C)(C)[O]. The van der Waals surface area contributed by atoms with Crippen LogP contribution >= 0.6 is 0 Å². The minimum Gasteiger partial charge on any atom is -0.297 e. The maximum Gasteiger partial charge on any atom is 0.238 e. The molecule has 0 aliphatic heterocycles. The van der Waals surface area contributed by atoms with Crippen molar-refractivity contribution in [2.75, 3.05) is 0 Å². The molecule has 65 valence electrons. The highest BCUT2D eigenvalue weighted by atomic mass is 28.4. The molecule has 0 aliphatic rings. The lowest BCUT2D eigenvalue weighted by molar-refractivity contribution is 0.416. The van der Waals surface area contributed by atoms with Gasteiger partial charge in [-0.15, -0.1) is 0 Å². The fourth-order valence-electron chi connectivity index (χ4n) is 1.14. The molecule has 0 saturated heterocycles. The van der Waals surface area contributed by atoms with Gasteiger partial charge in [0.15, 0.2) is 0 Å². The Balaban J connectivity index is 2.86. The highest BCUT2D eigenvalue weighted by molar-refractivity contribution is 6.70. The number of hydrogen-bond donors (Lipinski definition) is 0. The van der Waals surface area contributed by atoms with Crippen LogP contribution in [-0.4, -0.2) is 8.32 Å². The Labute approximate surface area is 75.2 Å². The average Bonchev–Trinajstić information content (AvgIpc) is 2.03. The molecular weight excluding hydrogens is 164 g/mol. The van der Waals surface area contributed by atoms with Crippen molar-refractivity contribution in [2.45, 2.75) is 25.6 Å². The minimum absolute atomic E-state index is 0.207. The van der Waals surface area contributed by atoms with E-state index in [9.17, 15) is 4.80 Å². The summed E-state index contributed by atoms with van der Waals surface area (Å²) in [7, 11) is -2.25. The van der Waals surface area contributed by atoms with Crippen molar-refractivity contribution in [1.82, 2.24) is 0 Å². The molecule has 0 heterocycles. The summed E-state index contributed by atoms with van der Waals surface area (Å²) in [6.45, 7) is 5.77. The van der Waals surface area contributed by atoms with E-state index in [4.69, 9.17) is 0 Å². The Morgan fingerprint density at radius 2 is 1.67 bits per heavy atom. The van der Waals surface area contributed by atoms with E-state index in [2.05, 4.69) is 0 Å². The quantitative estimate of drug-likeness (QED) is 0.622. The zero-order chi connectivity index (χ0) is 9.19. The lowest BCUT2D eigenvalue weighted by atomic mass is 10.2. The Hall–Kier alpha value is -0.603. The Bertz CT molecular complexity index is 238. The molecule has 0 aromatic heterocycles. The summed E-state index contributed by atoms with van der Waals surface area (Å²) in [6.07, 6.45) is 0. The molecule has 1 rings (SSSR count). The van der Waals surface area contributed by atoms with Crippen molar-refractivity contribution in [3.8, 4) is 0 Å². The van der Waals surface area contributed by atoms with E-state index < -0.39 is 8.32 Å². The van der Waals surface area contributed by atoms with Gasteiger partial charge in [-0.2, -0.15) is 0 Å². The van der Waals surface area contributed by atoms with Crippen LogP contribution in [0.1, 0.15) is 18.0 Å². The second kappa shape index (κ2) is 3.41. The van der Waals surface area contributed by atoms with Crippen LogP contribution in [-0.2, 0) is 4.80 Å². The summed E-state index contributed by atoms with van der Waals surface area (Å²) >= 11 is 0. The van der Waals surface area contributed by atoms with Gasteiger partial charge in [0.2, 0.25) is 8.32 Å². The van der Waals surface area contributed by atoms with Crippen LogP contribution in [0.15, 0.2) is 30.3 Å². The van der Waals surface area contributed by atoms with Crippen LogP contribution in [0.2, 0.25) is 13.1 Å². The molecule has 0 amide bonds. The van der Waals surface area contributed by atoms with Gasteiger partial charge in [-0.3, -0.25) is 4.80 Å². The average molecular weight is 179 g/mol. The van der Waals surface area contributed by atoms with Gasteiger partial charge in [-0.05, 0) is 18.7 Å². The highest BCUT2D eigenvalue weighted by Crippen LogP contribution is 2.24. The summed E-state index contributed by atoms with van der Waals surface area (Å²) in [4.78, 5) is 11.7. The Morgan fingerprint density at radius 3 is 2.08 bits per heavy atom. The molecule has 0 saturated carbocycles. The largest absolute Gasteiger partial charge is 0.297 e. The van der Waals surface area contributed by atoms with E-state index in [0.717, 1.165) is 0 Å². The van der Waals surface area contributed by atoms with Crippen molar-refractivity contribution >= 4 is 8.32 Å².